The van der Waals surface area contributed by atoms with Gasteiger partial charge in [0.25, 0.3) is 26.0 Å². The summed E-state index contributed by atoms with van der Waals surface area (Å²) in [5.74, 6) is -1.13. The molecule has 202 valence electrons. The molecule has 0 fully saturated rings. The zero-order chi connectivity index (χ0) is 28.4. The van der Waals surface area contributed by atoms with Crippen molar-refractivity contribution in [2.75, 3.05) is 14.8 Å². The molecule has 0 unspecified atom stereocenters. The van der Waals surface area contributed by atoms with Crippen LogP contribution in [0.4, 0.5) is 21.5 Å². The summed E-state index contributed by atoms with van der Waals surface area (Å²) >= 11 is 6.17. The lowest BCUT2D eigenvalue weighted by Crippen LogP contribution is -2.17. The predicted octanol–water partition coefficient (Wildman–Crippen LogP) is 5.95. The summed E-state index contributed by atoms with van der Waals surface area (Å²) in [4.78, 5) is 12.5. The van der Waals surface area contributed by atoms with Gasteiger partial charge in [0.15, 0.2) is 0 Å². The SMILES string of the molecule is Cc1cc(C)cc(NS(=O)(=O)c2cc(C(=O)Nc3ccc(S(=O)(=O)Nc4ccc(F)cc4)cc3)ccc2Cl)c1. The van der Waals surface area contributed by atoms with Crippen LogP contribution in [-0.4, -0.2) is 22.7 Å². The highest BCUT2D eigenvalue weighted by atomic mass is 35.5. The molecule has 1 amide bonds. The van der Waals surface area contributed by atoms with Crippen LogP contribution in [0.5, 0.6) is 0 Å². The number of hydrogen-bond donors (Lipinski definition) is 3. The molecule has 0 bridgehead atoms. The van der Waals surface area contributed by atoms with E-state index in [1.807, 2.05) is 19.9 Å². The number of anilines is 3. The van der Waals surface area contributed by atoms with Crippen LogP contribution in [0.3, 0.4) is 0 Å². The quantitative estimate of drug-likeness (QED) is 0.235. The molecule has 0 aliphatic heterocycles. The highest BCUT2D eigenvalue weighted by molar-refractivity contribution is 7.93. The summed E-state index contributed by atoms with van der Waals surface area (Å²) in [6, 6.07) is 19.3. The number of benzene rings is 4. The smallest absolute Gasteiger partial charge is 0.263 e. The zero-order valence-electron chi connectivity index (χ0n) is 20.7. The first kappa shape index (κ1) is 28.1. The van der Waals surface area contributed by atoms with Gasteiger partial charge in [-0.2, -0.15) is 0 Å². The second-order valence-corrected chi connectivity index (χ2v) is 12.5. The van der Waals surface area contributed by atoms with E-state index in [2.05, 4.69) is 14.8 Å². The largest absolute Gasteiger partial charge is 0.322 e. The third kappa shape index (κ3) is 6.94. The topological polar surface area (TPSA) is 121 Å². The van der Waals surface area contributed by atoms with Gasteiger partial charge in [-0.05, 0) is 104 Å². The lowest BCUT2D eigenvalue weighted by molar-refractivity contribution is 0.102. The maximum atomic E-state index is 13.1. The Morgan fingerprint density at radius 3 is 1.87 bits per heavy atom. The fourth-order valence-corrected chi connectivity index (χ4v) is 6.37. The van der Waals surface area contributed by atoms with E-state index in [0.29, 0.717) is 5.69 Å². The Hall–Kier alpha value is -3.93. The molecule has 0 saturated heterocycles. The molecule has 8 nitrogen and oxygen atoms in total. The lowest BCUT2D eigenvalue weighted by atomic mass is 10.1. The maximum absolute atomic E-state index is 13.1. The Balaban J connectivity index is 1.50. The molecule has 4 rings (SSSR count). The summed E-state index contributed by atoms with van der Waals surface area (Å²) in [6.07, 6.45) is 0. The van der Waals surface area contributed by atoms with Gasteiger partial charge in [-0.15, -0.1) is 0 Å². The minimum absolute atomic E-state index is 0.0230. The average molecular weight is 588 g/mol. The van der Waals surface area contributed by atoms with Crippen LogP contribution in [0.1, 0.15) is 21.5 Å². The third-order valence-corrected chi connectivity index (χ3v) is 8.74. The first-order chi connectivity index (χ1) is 18.3. The molecule has 0 spiro atoms. The average Bonchev–Trinajstić information content (AvgIpc) is 2.85. The zero-order valence-corrected chi connectivity index (χ0v) is 23.1. The monoisotopic (exact) mass is 587 g/mol. The van der Waals surface area contributed by atoms with Crippen molar-refractivity contribution in [2.45, 2.75) is 23.6 Å². The normalized spacial score (nSPS) is 11.6. The van der Waals surface area contributed by atoms with Crippen molar-refractivity contribution < 1.29 is 26.0 Å². The van der Waals surface area contributed by atoms with Gasteiger partial charge < -0.3 is 5.32 Å². The van der Waals surface area contributed by atoms with Gasteiger partial charge in [-0.1, -0.05) is 17.7 Å². The van der Waals surface area contributed by atoms with E-state index in [-0.39, 0.29) is 31.8 Å². The van der Waals surface area contributed by atoms with Crippen LogP contribution in [0, 0.1) is 19.7 Å². The van der Waals surface area contributed by atoms with Crippen molar-refractivity contribution in [3.63, 3.8) is 0 Å². The van der Waals surface area contributed by atoms with Gasteiger partial charge in [0.1, 0.15) is 10.7 Å². The van der Waals surface area contributed by atoms with Crippen LogP contribution < -0.4 is 14.8 Å². The van der Waals surface area contributed by atoms with Crippen LogP contribution in [0.15, 0.2) is 94.7 Å². The van der Waals surface area contributed by atoms with E-state index in [1.165, 1.54) is 48.5 Å². The Morgan fingerprint density at radius 1 is 0.692 bits per heavy atom. The Labute approximate surface area is 230 Å². The molecule has 4 aromatic carbocycles. The van der Waals surface area contributed by atoms with Gasteiger partial charge in [0.2, 0.25) is 0 Å². The molecule has 0 radical (unpaired) electrons. The van der Waals surface area contributed by atoms with Crippen molar-refractivity contribution in [3.8, 4) is 0 Å². The lowest BCUT2D eigenvalue weighted by Gasteiger charge is -2.13. The first-order valence-electron chi connectivity index (χ1n) is 11.4. The molecule has 0 aliphatic rings. The number of nitrogens with one attached hydrogen (secondary N) is 3. The predicted molar refractivity (Wildman–Crippen MR) is 150 cm³/mol. The van der Waals surface area contributed by atoms with Crippen molar-refractivity contribution in [2.24, 2.45) is 0 Å². The van der Waals surface area contributed by atoms with Crippen LogP contribution >= 0.6 is 11.6 Å². The van der Waals surface area contributed by atoms with E-state index in [9.17, 15) is 26.0 Å². The molecule has 39 heavy (non-hydrogen) atoms. The molecular formula is C27H23ClFN3O5S2. The highest BCUT2D eigenvalue weighted by Crippen LogP contribution is 2.27. The first-order valence-corrected chi connectivity index (χ1v) is 14.8. The summed E-state index contributed by atoms with van der Waals surface area (Å²) in [5.41, 5.74) is 2.59. The van der Waals surface area contributed by atoms with Gasteiger partial charge in [-0.25, -0.2) is 21.2 Å². The second-order valence-electron chi connectivity index (χ2n) is 8.72. The number of carbonyl (C=O) groups is 1. The third-order valence-electron chi connectivity index (χ3n) is 5.48. The maximum Gasteiger partial charge on any atom is 0.263 e. The van der Waals surface area contributed by atoms with Crippen molar-refractivity contribution in [3.05, 3.63) is 112 Å². The summed E-state index contributed by atoms with van der Waals surface area (Å²) < 4.78 is 69.2. The number of hydrogen-bond acceptors (Lipinski definition) is 5. The Bertz CT molecular complexity index is 1740. The van der Waals surface area contributed by atoms with E-state index in [0.717, 1.165) is 29.3 Å². The number of halogens is 2. The van der Waals surface area contributed by atoms with E-state index in [4.69, 9.17) is 11.6 Å². The summed E-state index contributed by atoms with van der Waals surface area (Å²) in [7, 11) is -8.07. The van der Waals surface area contributed by atoms with Crippen molar-refractivity contribution >= 4 is 54.6 Å². The van der Waals surface area contributed by atoms with Gasteiger partial charge in [-0.3, -0.25) is 14.2 Å². The molecule has 0 aromatic heterocycles. The van der Waals surface area contributed by atoms with Crippen LogP contribution in [-0.2, 0) is 20.0 Å². The van der Waals surface area contributed by atoms with Gasteiger partial charge in [0.05, 0.1) is 9.92 Å². The van der Waals surface area contributed by atoms with Crippen molar-refractivity contribution in [1.29, 1.82) is 0 Å². The van der Waals surface area contributed by atoms with Crippen molar-refractivity contribution in [1.82, 2.24) is 0 Å². The number of aryl methyl sites for hydroxylation is 2. The molecule has 0 saturated carbocycles. The highest BCUT2D eigenvalue weighted by Gasteiger charge is 2.21. The van der Waals surface area contributed by atoms with Crippen LogP contribution in [0.2, 0.25) is 5.02 Å². The van der Waals surface area contributed by atoms with E-state index < -0.39 is 31.8 Å². The van der Waals surface area contributed by atoms with E-state index >= 15 is 0 Å². The molecule has 4 aromatic rings. The molecule has 12 heteroatoms. The Morgan fingerprint density at radius 2 is 1.26 bits per heavy atom. The second kappa shape index (κ2) is 11.0. The van der Waals surface area contributed by atoms with Gasteiger partial charge in [0, 0.05) is 22.6 Å². The number of rotatable bonds is 8. The fourth-order valence-electron chi connectivity index (χ4n) is 3.75. The van der Waals surface area contributed by atoms with Crippen LogP contribution in [0.25, 0.3) is 0 Å². The Kier molecular flexibility index (Phi) is 7.96. The minimum atomic E-state index is -4.11. The number of carbonyl (C=O) groups excluding carboxylic acids is 1. The fraction of sp³-hybridized carbons (Fsp3) is 0.0741. The molecule has 3 N–H and O–H groups in total. The standard InChI is InChI=1S/C27H23ClFN3O5S2/c1-17-13-18(2)15-23(14-17)32-39(36,37)26-16-19(3-12-25(26)28)27(33)30-21-8-10-24(11-9-21)38(34,35)31-22-6-4-20(29)5-7-22/h3-16,31-32H,1-2H3,(H,30,33). The number of sulfonamides is 2. The van der Waals surface area contributed by atoms with Gasteiger partial charge >= 0.3 is 0 Å². The molecule has 0 aliphatic carbocycles. The number of amides is 1. The summed E-state index contributed by atoms with van der Waals surface area (Å²) in [6.45, 7) is 3.68. The summed E-state index contributed by atoms with van der Waals surface area (Å²) in [5, 5.41) is 2.54. The molecular weight excluding hydrogens is 565 g/mol. The molecule has 0 heterocycles. The molecule has 0 atom stereocenters. The van der Waals surface area contributed by atoms with E-state index in [1.54, 1.807) is 12.1 Å². The minimum Gasteiger partial charge on any atom is -0.322 e.